The number of amides is 1. The molecule has 0 bridgehead atoms. The number of rotatable bonds is 9. The van der Waals surface area contributed by atoms with Crippen molar-refractivity contribution in [2.75, 3.05) is 27.7 Å². The van der Waals surface area contributed by atoms with E-state index < -0.39 is 5.60 Å². The van der Waals surface area contributed by atoms with Gasteiger partial charge in [-0.25, -0.2) is 0 Å². The number of aromatic nitrogens is 1. The lowest BCUT2D eigenvalue weighted by atomic mass is 9.79. The second-order valence-electron chi connectivity index (χ2n) is 7.97. The molecule has 1 aromatic rings. The molecule has 2 fully saturated rings. The highest BCUT2D eigenvalue weighted by Crippen LogP contribution is 2.37. The van der Waals surface area contributed by atoms with Gasteiger partial charge in [0, 0.05) is 38.6 Å². The van der Waals surface area contributed by atoms with Gasteiger partial charge in [0.25, 0.3) is 5.91 Å². The minimum absolute atomic E-state index is 0.0490. The van der Waals surface area contributed by atoms with Gasteiger partial charge >= 0.3 is 0 Å². The van der Waals surface area contributed by atoms with Crippen molar-refractivity contribution in [2.45, 2.75) is 63.7 Å². The Morgan fingerprint density at radius 2 is 1.93 bits per heavy atom. The van der Waals surface area contributed by atoms with Gasteiger partial charge in [-0.05, 0) is 44.6 Å². The van der Waals surface area contributed by atoms with Gasteiger partial charge in [-0.1, -0.05) is 6.92 Å². The lowest BCUT2D eigenvalue weighted by Gasteiger charge is -2.53. The van der Waals surface area contributed by atoms with Crippen LogP contribution in [0.15, 0.2) is 18.3 Å². The molecule has 0 spiro atoms. The standard InChI is InChI=1S/C21H32N2O5/c1-15-5-7-18(8-6-15)28-19-9-10-22-17(11-19)12-21(27-14-26-4)16(2)23(13-25-3)20(21)24/h9-11,15-16,18H,5-8,12-14H2,1-4H3/t15?,16-,18?,21-/m1/s1. The van der Waals surface area contributed by atoms with E-state index in [0.29, 0.717) is 6.42 Å². The summed E-state index contributed by atoms with van der Waals surface area (Å²) in [6.07, 6.45) is 6.95. The lowest BCUT2D eigenvalue weighted by Crippen LogP contribution is -2.75. The Morgan fingerprint density at radius 3 is 2.57 bits per heavy atom. The lowest BCUT2D eigenvalue weighted by molar-refractivity contribution is -0.230. The summed E-state index contributed by atoms with van der Waals surface area (Å²) in [7, 11) is 3.12. The van der Waals surface area contributed by atoms with Crippen LogP contribution in [0.1, 0.15) is 45.2 Å². The van der Waals surface area contributed by atoms with Crippen molar-refractivity contribution < 1.29 is 23.7 Å². The summed E-state index contributed by atoms with van der Waals surface area (Å²) in [5, 5.41) is 0. The summed E-state index contributed by atoms with van der Waals surface area (Å²) >= 11 is 0. The number of hydrogen-bond donors (Lipinski definition) is 0. The molecule has 0 radical (unpaired) electrons. The maximum atomic E-state index is 12.8. The molecule has 1 aliphatic carbocycles. The molecule has 3 rings (SSSR count). The monoisotopic (exact) mass is 392 g/mol. The van der Waals surface area contributed by atoms with E-state index in [-0.39, 0.29) is 31.6 Å². The van der Waals surface area contributed by atoms with Crippen LogP contribution in [0.2, 0.25) is 0 Å². The van der Waals surface area contributed by atoms with Crippen LogP contribution in [0, 0.1) is 5.92 Å². The summed E-state index contributed by atoms with van der Waals surface area (Å²) in [4.78, 5) is 18.9. The van der Waals surface area contributed by atoms with E-state index in [1.807, 2.05) is 19.1 Å². The zero-order valence-electron chi connectivity index (χ0n) is 17.3. The molecule has 2 heterocycles. The third kappa shape index (κ3) is 4.31. The maximum Gasteiger partial charge on any atom is 0.259 e. The van der Waals surface area contributed by atoms with E-state index in [4.69, 9.17) is 18.9 Å². The zero-order valence-corrected chi connectivity index (χ0v) is 17.3. The molecule has 1 amide bonds. The number of ether oxygens (including phenoxy) is 4. The van der Waals surface area contributed by atoms with E-state index in [2.05, 4.69) is 11.9 Å². The number of β-lactam (4-membered cyclic amide) rings is 1. The minimum atomic E-state index is -0.986. The smallest absolute Gasteiger partial charge is 0.259 e. The number of pyridine rings is 1. The number of likely N-dealkylation sites (tertiary alicyclic amines) is 1. The molecule has 1 saturated heterocycles. The Bertz CT molecular complexity index is 662. The highest BCUT2D eigenvalue weighted by atomic mass is 16.7. The van der Waals surface area contributed by atoms with Crippen LogP contribution in [0.4, 0.5) is 0 Å². The Hall–Kier alpha value is -1.70. The third-order valence-electron chi connectivity index (χ3n) is 5.97. The van der Waals surface area contributed by atoms with Gasteiger partial charge in [-0.15, -0.1) is 0 Å². The molecule has 7 heteroatoms. The van der Waals surface area contributed by atoms with Crippen LogP contribution < -0.4 is 4.74 Å². The summed E-state index contributed by atoms with van der Waals surface area (Å²) in [6.45, 7) is 4.55. The predicted octanol–water partition coefficient (Wildman–Crippen LogP) is 2.78. The fraction of sp³-hybridized carbons (Fsp3) is 0.714. The Balaban J connectivity index is 1.70. The number of hydrogen-bond acceptors (Lipinski definition) is 6. The summed E-state index contributed by atoms with van der Waals surface area (Å²) in [6, 6.07) is 3.67. The van der Waals surface area contributed by atoms with Gasteiger partial charge in [-0.2, -0.15) is 0 Å². The third-order valence-corrected chi connectivity index (χ3v) is 5.97. The first-order chi connectivity index (χ1) is 13.5. The van der Waals surface area contributed by atoms with Crippen molar-refractivity contribution in [1.82, 2.24) is 9.88 Å². The van der Waals surface area contributed by atoms with Crippen LogP contribution in [-0.2, 0) is 25.4 Å². The second-order valence-corrected chi connectivity index (χ2v) is 7.97. The number of nitrogens with zero attached hydrogens (tertiary/aromatic N) is 2. The first kappa shape index (κ1) is 21.0. The van der Waals surface area contributed by atoms with Crippen molar-refractivity contribution >= 4 is 5.91 Å². The van der Waals surface area contributed by atoms with E-state index in [1.165, 1.54) is 12.8 Å². The van der Waals surface area contributed by atoms with E-state index in [9.17, 15) is 4.79 Å². The minimum Gasteiger partial charge on any atom is -0.490 e. The summed E-state index contributed by atoms with van der Waals surface area (Å²) in [5.74, 6) is 1.49. The van der Waals surface area contributed by atoms with Crippen molar-refractivity contribution in [1.29, 1.82) is 0 Å². The van der Waals surface area contributed by atoms with Crippen molar-refractivity contribution in [3.63, 3.8) is 0 Å². The fourth-order valence-electron chi connectivity index (χ4n) is 4.15. The number of carbonyl (C=O) groups excluding carboxylic acids is 1. The van der Waals surface area contributed by atoms with Gasteiger partial charge in [0.1, 0.15) is 19.3 Å². The molecule has 7 nitrogen and oxygen atoms in total. The van der Waals surface area contributed by atoms with Crippen LogP contribution in [-0.4, -0.2) is 61.3 Å². The fourth-order valence-corrected chi connectivity index (χ4v) is 4.15. The molecule has 1 saturated carbocycles. The Labute approximate surface area is 167 Å². The SMILES string of the molecule is COCO[C@@]1(Cc2cc(OC3CCC(C)CC3)ccn2)C(=O)N(COC)[C@@H]1C. The van der Waals surface area contributed by atoms with Crippen molar-refractivity contribution in [2.24, 2.45) is 5.92 Å². The predicted molar refractivity (Wildman–Crippen MR) is 104 cm³/mol. The molecule has 0 N–H and O–H groups in total. The van der Waals surface area contributed by atoms with Gasteiger partial charge in [0.2, 0.25) is 0 Å². The molecule has 2 atom stereocenters. The van der Waals surface area contributed by atoms with E-state index >= 15 is 0 Å². The molecule has 156 valence electrons. The van der Waals surface area contributed by atoms with E-state index in [1.54, 1.807) is 25.3 Å². The molecular weight excluding hydrogens is 360 g/mol. The average Bonchev–Trinajstić information content (AvgIpc) is 2.71. The molecule has 1 aromatic heterocycles. The zero-order chi connectivity index (χ0) is 20.1. The molecule has 0 aromatic carbocycles. The van der Waals surface area contributed by atoms with Crippen LogP contribution >= 0.6 is 0 Å². The van der Waals surface area contributed by atoms with Crippen LogP contribution in [0.5, 0.6) is 5.75 Å². The Kier molecular flexibility index (Phi) is 6.91. The molecule has 2 aliphatic rings. The average molecular weight is 392 g/mol. The number of methoxy groups -OCH3 is 2. The molecule has 1 aliphatic heterocycles. The largest absolute Gasteiger partial charge is 0.490 e. The van der Waals surface area contributed by atoms with E-state index in [0.717, 1.165) is 30.2 Å². The normalized spacial score (nSPS) is 30.2. The van der Waals surface area contributed by atoms with Crippen molar-refractivity contribution in [3.05, 3.63) is 24.0 Å². The quantitative estimate of drug-likeness (QED) is 0.475. The summed E-state index contributed by atoms with van der Waals surface area (Å²) in [5.41, 5.74) is -0.212. The van der Waals surface area contributed by atoms with Gasteiger partial charge in [-0.3, -0.25) is 9.78 Å². The number of carbonyl (C=O) groups is 1. The second kappa shape index (κ2) is 9.20. The maximum absolute atomic E-state index is 12.8. The first-order valence-corrected chi connectivity index (χ1v) is 10.0. The van der Waals surface area contributed by atoms with Gasteiger partial charge in [0.15, 0.2) is 5.60 Å². The first-order valence-electron chi connectivity index (χ1n) is 10.0. The van der Waals surface area contributed by atoms with Crippen LogP contribution in [0.25, 0.3) is 0 Å². The molecule has 0 unspecified atom stereocenters. The Morgan fingerprint density at radius 1 is 1.18 bits per heavy atom. The topological polar surface area (TPSA) is 70.1 Å². The summed E-state index contributed by atoms with van der Waals surface area (Å²) < 4.78 is 22.3. The highest BCUT2D eigenvalue weighted by molar-refractivity contribution is 5.93. The highest BCUT2D eigenvalue weighted by Gasteiger charge is 2.60. The molecule has 28 heavy (non-hydrogen) atoms. The van der Waals surface area contributed by atoms with Gasteiger partial charge in [0.05, 0.1) is 12.1 Å². The van der Waals surface area contributed by atoms with Crippen LogP contribution in [0.3, 0.4) is 0 Å². The van der Waals surface area contributed by atoms with Gasteiger partial charge < -0.3 is 23.8 Å². The molecular formula is C21H32N2O5. The van der Waals surface area contributed by atoms with Crippen molar-refractivity contribution in [3.8, 4) is 5.75 Å².